The van der Waals surface area contributed by atoms with E-state index in [-0.39, 0.29) is 0 Å². The fourth-order valence-corrected chi connectivity index (χ4v) is 2.93. The summed E-state index contributed by atoms with van der Waals surface area (Å²) in [6, 6.07) is 5.16. The Hall–Kier alpha value is -0.890. The highest BCUT2D eigenvalue weighted by atomic mass is 14.9. The molecule has 100 valence electrons. The van der Waals surface area contributed by atoms with Gasteiger partial charge in [-0.15, -0.1) is 0 Å². The molecule has 1 aromatic heterocycles. The first-order valence-corrected chi connectivity index (χ1v) is 7.50. The molecule has 1 fully saturated rings. The monoisotopic (exact) mass is 246 g/mol. The summed E-state index contributed by atoms with van der Waals surface area (Å²) in [7, 11) is 0. The molecular formula is C16H26N2. The zero-order valence-electron chi connectivity index (χ0n) is 11.8. The second-order valence-corrected chi connectivity index (χ2v) is 5.47. The van der Waals surface area contributed by atoms with Gasteiger partial charge in [-0.1, -0.05) is 26.3 Å². The van der Waals surface area contributed by atoms with Crippen molar-refractivity contribution in [1.29, 1.82) is 0 Å². The maximum absolute atomic E-state index is 4.60. The molecule has 1 aliphatic rings. The Balaban J connectivity index is 1.90. The van der Waals surface area contributed by atoms with Gasteiger partial charge in [0.15, 0.2) is 0 Å². The quantitative estimate of drug-likeness (QED) is 0.832. The van der Waals surface area contributed by atoms with Gasteiger partial charge >= 0.3 is 0 Å². The van der Waals surface area contributed by atoms with E-state index in [2.05, 4.69) is 36.3 Å². The van der Waals surface area contributed by atoms with Crippen molar-refractivity contribution in [2.75, 3.05) is 6.54 Å². The summed E-state index contributed by atoms with van der Waals surface area (Å²) >= 11 is 0. The highest BCUT2D eigenvalue weighted by Crippen LogP contribution is 2.28. The molecule has 1 heterocycles. The van der Waals surface area contributed by atoms with E-state index in [4.69, 9.17) is 0 Å². The number of aryl methyl sites for hydroxylation is 1. The van der Waals surface area contributed by atoms with Crippen LogP contribution in [0.15, 0.2) is 18.3 Å². The maximum Gasteiger partial charge on any atom is 0.0407 e. The van der Waals surface area contributed by atoms with Crippen LogP contribution in [-0.2, 0) is 12.8 Å². The van der Waals surface area contributed by atoms with E-state index in [9.17, 15) is 0 Å². The highest BCUT2D eigenvalue weighted by Gasteiger charge is 2.26. The lowest BCUT2D eigenvalue weighted by atomic mass is 9.97. The lowest BCUT2D eigenvalue weighted by Crippen LogP contribution is -2.33. The zero-order valence-corrected chi connectivity index (χ0v) is 11.8. The largest absolute Gasteiger partial charge is 0.314 e. The van der Waals surface area contributed by atoms with Crippen molar-refractivity contribution in [1.82, 2.24) is 10.3 Å². The van der Waals surface area contributed by atoms with Crippen LogP contribution in [-0.4, -0.2) is 17.6 Å². The fourth-order valence-electron chi connectivity index (χ4n) is 2.93. The van der Waals surface area contributed by atoms with E-state index in [0.29, 0.717) is 0 Å². The molecule has 1 aliphatic carbocycles. The van der Waals surface area contributed by atoms with Crippen molar-refractivity contribution < 1.29 is 0 Å². The Morgan fingerprint density at radius 1 is 1.28 bits per heavy atom. The van der Waals surface area contributed by atoms with E-state index < -0.39 is 0 Å². The van der Waals surface area contributed by atoms with Crippen molar-refractivity contribution >= 4 is 0 Å². The van der Waals surface area contributed by atoms with Gasteiger partial charge in [0.25, 0.3) is 0 Å². The third-order valence-electron chi connectivity index (χ3n) is 4.08. The van der Waals surface area contributed by atoms with Crippen LogP contribution in [0.2, 0.25) is 0 Å². The van der Waals surface area contributed by atoms with Crippen LogP contribution in [0, 0.1) is 5.92 Å². The molecule has 0 radical (unpaired) electrons. The van der Waals surface area contributed by atoms with Gasteiger partial charge in [-0.05, 0) is 56.2 Å². The molecule has 1 N–H and O–H groups in total. The van der Waals surface area contributed by atoms with Crippen molar-refractivity contribution in [3.05, 3.63) is 29.6 Å². The summed E-state index contributed by atoms with van der Waals surface area (Å²) in [6.45, 7) is 5.57. The molecule has 2 unspecified atom stereocenters. The van der Waals surface area contributed by atoms with Crippen LogP contribution < -0.4 is 5.32 Å². The normalized spacial score (nSPS) is 23.4. The SMILES string of the molecule is CCCNC1CCCC1Cc1ccc(CC)cn1. The van der Waals surface area contributed by atoms with Crippen molar-refractivity contribution in [3.63, 3.8) is 0 Å². The molecule has 2 atom stereocenters. The van der Waals surface area contributed by atoms with E-state index in [1.807, 2.05) is 6.20 Å². The summed E-state index contributed by atoms with van der Waals surface area (Å²) in [5.41, 5.74) is 2.60. The topological polar surface area (TPSA) is 24.9 Å². The number of hydrogen-bond acceptors (Lipinski definition) is 2. The zero-order chi connectivity index (χ0) is 12.8. The average molecular weight is 246 g/mol. The van der Waals surface area contributed by atoms with E-state index >= 15 is 0 Å². The lowest BCUT2D eigenvalue weighted by molar-refractivity contribution is 0.396. The molecule has 0 aromatic carbocycles. The van der Waals surface area contributed by atoms with Crippen molar-refractivity contribution in [2.45, 2.75) is 58.4 Å². The van der Waals surface area contributed by atoms with Crippen LogP contribution in [0.3, 0.4) is 0 Å². The van der Waals surface area contributed by atoms with E-state index in [1.54, 1.807) is 0 Å². The molecule has 1 aromatic rings. The summed E-state index contributed by atoms with van der Waals surface area (Å²) in [5.74, 6) is 0.788. The van der Waals surface area contributed by atoms with Crippen LogP contribution in [0.25, 0.3) is 0 Å². The Kier molecular flexibility index (Phi) is 5.18. The van der Waals surface area contributed by atoms with Gasteiger partial charge in [-0.25, -0.2) is 0 Å². The third kappa shape index (κ3) is 3.55. The first-order chi connectivity index (χ1) is 8.83. The smallest absolute Gasteiger partial charge is 0.0407 e. The molecular weight excluding hydrogens is 220 g/mol. The minimum atomic E-state index is 0.720. The Bertz CT molecular complexity index is 345. The second kappa shape index (κ2) is 6.89. The molecule has 2 heteroatoms. The number of rotatable bonds is 6. The van der Waals surface area contributed by atoms with Crippen molar-refractivity contribution in [3.8, 4) is 0 Å². The second-order valence-electron chi connectivity index (χ2n) is 5.47. The minimum absolute atomic E-state index is 0.720. The molecule has 0 bridgehead atoms. The maximum atomic E-state index is 4.60. The van der Waals surface area contributed by atoms with Crippen LogP contribution in [0.4, 0.5) is 0 Å². The number of hydrogen-bond donors (Lipinski definition) is 1. The van der Waals surface area contributed by atoms with E-state index in [1.165, 1.54) is 36.9 Å². The van der Waals surface area contributed by atoms with Gasteiger partial charge in [0.1, 0.15) is 0 Å². The predicted octanol–water partition coefficient (Wildman–Crippen LogP) is 3.35. The summed E-state index contributed by atoms with van der Waals surface area (Å²) < 4.78 is 0. The van der Waals surface area contributed by atoms with Gasteiger partial charge in [0, 0.05) is 17.9 Å². The predicted molar refractivity (Wildman–Crippen MR) is 76.7 cm³/mol. The number of nitrogens with one attached hydrogen (secondary N) is 1. The lowest BCUT2D eigenvalue weighted by Gasteiger charge is -2.20. The average Bonchev–Trinajstić information content (AvgIpc) is 2.84. The molecule has 0 aliphatic heterocycles. The third-order valence-corrected chi connectivity index (χ3v) is 4.08. The van der Waals surface area contributed by atoms with Gasteiger partial charge in [-0.2, -0.15) is 0 Å². The highest BCUT2D eigenvalue weighted by molar-refractivity contribution is 5.14. The molecule has 2 nitrogen and oxygen atoms in total. The van der Waals surface area contributed by atoms with Crippen molar-refractivity contribution in [2.24, 2.45) is 5.92 Å². The van der Waals surface area contributed by atoms with Crippen LogP contribution in [0.5, 0.6) is 0 Å². The van der Waals surface area contributed by atoms with Crippen LogP contribution >= 0.6 is 0 Å². The van der Waals surface area contributed by atoms with Crippen LogP contribution in [0.1, 0.15) is 50.8 Å². The molecule has 0 amide bonds. The Morgan fingerprint density at radius 2 is 2.17 bits per heavy atom. The Labute approximate surface area is 111 Å². The van der Waals surface area contributed by atoms with Gasteiger partial charge in [-0.3, -0.25) is 4.98 Å². The summed E-state index contributed by atoms with van der Waals surface area (Å²) in [4.78, 5) is 4.60. The fraction of sp³-hybridized carbons (Fsp3) is 0.688. The molecule has 2 rings (SSSR count). The Morgan fingerprint density at radius 3 is 2.83 bits per heavy atom. The molecule has 0 spiro atoms. The molecule has 1 saturated carbocycles. The van der Waals surface area contributed by atoms with Gasteiger partial charge in [0.05, 0.1) is 0 Å². The summed E-state index contributed by atoms with van der Waals surface area (Å²) in [6.07, 6.45) is 9.57. The number of aromatic nitrogens is 1. The van der Waals surface area contributed by atoms with Gasteiger partial charge < -0.3 is 5.32 Å². The number of nitrogens with zero attached hydrogens (tertiary/aromatic N) is 1. The molecule has 18 heavy (non-hydrogen) atoms. The summed E-state index contributed by atoms with van der Waals surface area (Å²) in [5, 5.41) is 3.70. The van der Waals surface area contributed by atoms with E-state index in [0.717, 1.165) is 31.3 Å². The van der Waals surface area contributed by atoms with Gasteiger partial charge in [0.2, 0.25) is 0 Å². The minimum Gasteiger partial charge on any atom is -0.314 e. The molecule has 0 saturated heterocycles. The standard InChI is InChI=1S/C16H26N2/c1-3-10-17-16-7-5-6-14(16)11-15-9-8-13(4-2)12-18-15/h8-9,12,14,16-17H,3-7,10-11H2,1-2H3. The number of pyridine rings is 1. The first-order valence-electron chi connectivity index (χ1n) is 7.50. The first kappa shape index (κ1) is 13.5.